The summed E-state index contributed by atoms with van der Waals surface area (Å²) in [7, 11) is 3.14. The largest absolute Gasteiger partial charge is 0.495 e. The van der Waals surface area contributed by atoms with Gasteiger partial charge in [0, 0.05) is 12.1 Å². The van der Waals surface area contributed by atoms with Crippen LogP contribution >= 0.6 is 11.6 Å². The van der Waals surface area contributed by atoms with Crippen LogP contribution in [0.5, 0.6) is 17.2 Å². The second-order valence-electron chi connectivity index (χ2n) is 5.00. The van der Waals surface area contributed by atoms with Crippen molar-refractivity contribution in [3.8, 4) is 17.2 Å². The molecule has 0 radical (unpaired) electrons. The lowest BCUT2D eigenvalue weighted by Gasteiger charge is -2.10. The molecule has 0 heterocycles. The van der Waals surface area contributed by atoms with Crippen LogP contribution in [0.3, 0.4) is 0 Å². The third kappa shape index (κ3) is 5.06. The molecule has 2 rings (SSSR count). The number of ether oxygens (including phenoxy) is 3. The first-order valence-electron chi connectivity index (χ1n) is 7.53. The van der Waals surface area contributed by atoms with E-state index in [2.05, 4.69) is 5.32 Å². The molecule has 2 aromatic carbocycles. The molecule has 0 aliphatic heterocycles. The number of halogens is 1. The van der Waals surface area contributed by atoms with E-state index in [4.69, 9.17) is 25.8 Å². The molecule has 1 amide bonds. The van der Waals surface area contributed by atoms with Gasteiger partial charge in [-0.05, 0) is 36.8 Å². The maximum absolute atomic E-state index is 11.9. The van der Waals surface area contributed by atoms with E-state index < -0.39 is 0 Å². The summed E-state index contributed by atoms with van der Waals surface area (Å²) in [6.45, 7) is 0.428. The molecule has 0 saturated carbocycles. The molecule has 0 unspecified atom stereocenters. The normalized spacial score (nSPS) is 10.1. The molecule has 0 aliphatic rings. The zero-order valence-corrected chi connectivity index (χ0v) is 14.4. The molecule has 0 atom stereocenters. The van der Waals surface area contributed by atoms with Crippen molar-refractivity contribution in [2.24, 2.45) is 0 Å². The summed E-state index contributed by atoms with van der Waals surface area (Å²) >= 11 is 6.03. The predicted octanol–water partition coefficient (Wildman–Crippen LogP) is 4.15. The number of carbonyl (C=O) groups excluding carboxylic acids is 1. The summed E-state index contributed by atoms with van der Waals surface area (Å²) in [5.41, 5.74) is 0.636. The van der Waals surface area contributed by atoms with Crippen LogP contribution in [0, 0.1) is 0 Å². The first kappa shape index (κ1) is 17.9. The highest BCUT2D eigenvalue weighted by atomic mass is 35.5. The van der Waals surface area contributed by atoms with Crippen LogP contribution in [0.15, 0.2) is 42.5 Å². The van der Waals surface area contributed by atoms with Crippen LogP contribution in [0.1, 0.15) is 12.8 Å². The Balaban J connectivity index is 1.76. The SMILES string of the molecule is COc1ccc(NC(=O)CCCOc2ccccc2OC)cc1Cl. The van der Waals surface area contributed by atoms with Crippen LogP contribution in [-0.2, 0) is 4.79 Å². The van der Waals surface area contributed by atoms with Gasteiger partial charge in [0.05, 0.1) is 25.8 Å². The predicted molar refractivity (Wildman–Crippen MR) is 94.4 cm³/mol. The van der Waals surface area contributed by atoms with Gasteiger partial charge in [0.1, 0.15) is 5.75 Å². The summed E-state index contributed by atoms with van der Waals surface area (Å²) in [5, 5.41) is 3.25. The molecule has 1 N–H and O–H groups in total. The second kappa shape index (κ2) is 9.03. The van der Waals surface area contributed by atoms with Crippen molar-refractivity contribution < 1.29 is 19.0 Å². The summed E-state index contributed by atoms with van der Waals surface area (Å²) < 4.78 is 15.9. The van der Waals surface area contributed by atoms with Crippen molar-refractivity contribution in [1.29, 1.82) is 0 Å². The Hall–Kier alpha value is -2.40. The van der Waals surface area contributed by atoms with Crippen LogP contribution in [0.4, 0.5) is 5.69 Å². The first-order chi connectivity index (χ1) is 11.6. The Labute approximate surface area is 146 Å². The van der Waals surface area contributed by atoms with E-state index in [1.165, 1.54) is 0 Å². The van der Waals surface area contributed by atoms with Gasteiger partial charge in [-0.25, -0.2) is 0 Å². The van der Waals surface area contributed by atoms with Gasteiger partial charge >= 0.3 is 0 Å². The van der Waals surface area contributed by atoms with Crippen molar-refractivity contribution in [3.05, 3.63) is 47.5 Å². The molecule has 0 saturated heterocycles. The van der Waals surface area contributed by atoms with Crippen molar-refractivity contribution in [1.82, 2.24) is 0 Å². The van der Waals surface area contributed by atoms with Crippen molar-refractivity contribution in [3.63, 3.8) is 0 Å². The van der Waals surface area contributed by atoms with E-state index in [1.54, 1.807) is 32.4 Å². The average molecular weight is 350 g/mol. The number of carbonyl (C=O) groups is 1. The number of anilines is 1. The lowest BCUT2D eigenvalue weighted by molar-refractivity contribution is -0.116. The molecule has 2 aromatic rings. The Morgan fingerprint density at radius 3 is 2.42 bits per heavy atom. The summed E-state index contributed by atoms with van der Waals surface area (Å²) in [5.74, 6) is 1.82. The molecule has 0 aromatic heterocycles. The fourth-order valence-electron chi connectivity index (χ4n) is 2.12. The van der Waals surface area contributed by atoms with E-state index in [0.29, 0.717) is 47.4 Å². The van der Waals surface area contributed by atoms with Crippen LogP contribution in [-0.4, -0.2) is 26.7 Å². The zero-order chi connectivity index (χ0) is 17.4. The maximum atomic E-state index is 11.9. The van der Waals surface area contributed by atoms with Gasteiger partial charge in [-0.1, -0.05) is 23.7 Å². The molecule has 5 nitrogen and oxygen atoms in total. The number of nitrogens with one attached hydrogen (secondary N) is 1. The molecule has 24 heavy (non-hydrogen) atoms. The van der Waals surface area contributed by atoms with Crippen molar-refractivity contribution in [2.75, 3.05) is 26.1 Å². The molecular formula is C18H20ClNO4. The number of hydrogen-bond acceptors (Lipinski definition) is 4. The monoisotopic (exact) mass is 349 g/mol. The van der Waals surface area contributed by atoms with Gasteiger partial charge in [-0.15, -0.1) is 0 Å². The van der Waals surface area contributed by atoms with Crippen molar-refractivity contribution >= 4 is 23.2 Å². The highest BCUT2D eigenvalue weighted by Gasteiger charge is 2.07. The van der Waals surface area contributed by atoms with Gasteiger partial charge in [0.15, 0.2) is 11.5 Å². The van der Waals surface area contributed by atoms with E-state index in [1.807, 2.05) is 24.3 Å². The smallest absolute Gasteiger partial charge is 0.224 e. The van der Waals surface area contributed by atoms with Gasteiger partial charge in [-0.3, -0.25) is 4.79 Å². The van der Waals surface area contributed by atoms with Crippen LogP contribution in [0.25, 0.3) is 0 Å². The minimum Gasteiger partial charge on any atom is -0.495 e. The third-order valence-electron chi connectivity index (χ3n) is 3.31. The van der Waals surface area contributed by atoms with Gasteiger partial charge in [0.2, 0.25) is 5.91 Å². The summed E-state index contributed by atoms with van der Waals surface area (Å²) in [6.07, 6.45) is 0.937. The van der Waals surface area contributed by atoms with Gasteiger partial charge in [0.25, 0.3) is 0 Å². The average Bonchev–Trinajstić information content (AvgIpc) is 2.59. The minimum absolute atomic E-state index is 0.0974. The van der Waals surface area contributed by atoms with E-state index in [9.17, 15) is 4.79 Å². The van der Waals surface area contributed by atoms with Crippen LogP contribution in [0.2, 0.25) is 5.02 Å². The minimum atomic E-state index is -0.0974. The molecule has 0 aliphatic carbocycles. The number of para-hydroxylation sites is 2. The Kier molecular flexibility index (Phi) is 6.75. The Morgan fingerprint density at radius 2 is 1.75 bits per heavy atom. The third-order valence-corrected chi connectivity index (χ3v) is 3.61. The summed E-state index contributed by atoms with van der Waals surface area (Å²) in [6, 6.07) is 12.5. The van der Waals surface area contributed by atoms with E-state index >= 15 is 0 Å². The Bertz CT molecular complexity index is 690. The topological polar surface area (TPSA) is 56.8 Å². The van der Waals surface area contributed by atoms with Gasteiger partial charge < -0.3 is 19.5 Å². The molecule has 0 bridgehead atoms. The van der Waals surface area contributed by atoms with Crippen LogP contribution < -0.4 is 19.5 Å². The standard InChI is InChI=1S/C18H20ClNO4/c1-22-15-10-9-13(12-14(15)19)20-18(21)8-5-11-24-17-7-4-3-6-16(17)23-2/h3-4,6-7,9-10,12H,5,8,11H2,1-2H3,(H,20,21). The molecular weight excluding hydrogens is 330 g/mol. The number of amides is 1. The summed E-state index contributed by atoms with van der Waals surface area (Å²) in [4.78, 5) is 11.9. The maximum Gasteiger partial charge on any atom is 0.224 e. The molecule has 6 heteroatoms. The quantitative estimate of drug-likeness (QED) is 0.727. The number of benzene rings is 2. The fourth-order valence-corrected chi connectivity index (χ4v) is 2.38. The zero-order valence-electron chi connectivity index (χ0n) is 13.7. The lowest BCUT2D eigenvalue weighted by atomic mass is 10.2. The van der Waals surface area contributed by atoms with Gasteiger partial charge in [-0.2, -0.15) is 0 Å². The lowest BCUT2D eigenvalue weighted by Crippen LogP contribution is -2.13. The highest BCUT2D eigenvalue weighted by molar-refractivity contribution is 6.32. The first-order valence-corrected chi connectivity index (χ1v) is 7.91. The fraction of sp³-hybridized carbons (Fsp3) is 0.278. The number of hydrogen-bond donors (Lipinski definition) is 1. The Morgan fingerprint density at radius 1 is 1.04 bits per heavy atom. The number of methoxy groups -OCH3 is 2. The van der Waals surface area contributed by atoms with E-state index in [-0.39, 0.29) is 5.91 Å². The highest BCUT2D eigenvalue weighted by Crippen LogP contribution is 2.27. The molecule has 128 valence electrons. The molecule has 0 fully saturated rings. The van der Waals surface area contributed by atoms with Crippen molar-refractivity contribution in [2.45, 2.75) is 12.8 Å². The number of rotatable bonds is 8. The van der Waals surface area contributed by atoms with E-state index in [0.717, 1.165) is 0 Å². The molecule has 0 spiro atoms. The second-order valence-corrected chi connectivity index (χ2v) is 5.41.